The Morgan fingerprint density at radius 3 is 2.56 bits per heavy atom. The molecule has 2 nitrogen and oxygen atoms in total. The molecule has 0 N–H and O–H groups in total. The topological polar surface area (TPSA) is 36.7 Å². The van der Waals surface area contributed by atoms with E-state index in [2.05, 4.69) is 30.1 Å². The SMILES string of the molecule is Cc1cccc(-c2ccc(C#N)c(C)n2)c1. The Morgan fingerprint density at radius 1 is 1.12 bits per heavy atom. The second kappa shape index (κ2) is 4.16. The first-order valence-electron chi connectivity index (χ1n) is 5.15. The molecular formula is C14H12N2. The summed E-state index contributed by atoms with van der Waals surface area (Å²) in [4.78, 5) is 4.43. The van der Waals surface area contributed by atoms with Crippen LogP contribution in [0.1, 0.15) is 16.8 Å². The summed E-state index contributed by atoms with van der Waals surface area (Å²) in [5, 5.41) is 8.83. The van der Waals surface area contributed by atoms with Crippen molar-refractivity contribution in [3.05, 3.63) is 53.2 Å². The maximum atomic E-state index is 8.83. The Labute approximate surface area is 95.2 Å². The van der Waals surface area contributed by atoms with Gasteiger partial charge in [0.05, 0.1) is 17.0 Å². The van der Waals surface area contributed by atoms with Crippen LogP contribution in [0.3, 0.4) is 0 Å². The Hall–Kier alpha value is -2.14. The van der Waals surface area contributed by atoms with E-state index in [1.807, 2.05) is 31.2 Å². The Bertz CT molecular complexity index is 565. The van der Waals surface area contributed by atoms with Crippen LogP contribution in [-0.2, 0) is 0 Å². The quantitative estimate of drug-likeness (QED) is 0.721. The highest BCUT2D eigenvalue weighted by molar-refractivity contribution is 5.61. The lowest BCUT2D eigenvalue weighted by molar-refractivity contribution is 1.18. The standard InChI is InChI=1S/C14H12N2/c1-10-4-3-5-12(8-10)14-7-6-13(9-15)11(2)16-14/h3-8H,1-2H3. The fourth-order valence-electron chi connectivity index (χ4n) is 1.64. The van der Waals surface area contributed by atoms with Gasteiger partial charge in [0, 0.05) is 5.56 Å². The number of pyridine rings is 1. The number of hydrogen-bond donors (Lipinski definition) is 0. The molecule has 0 saturated heterocycles. The summed E-state index contributed by atoms with van der Waals surface area (Å²) in [6.45, 7) is 3.91. The van der Waals surface area contributed by atoms with Gasteiger partial charge in [0.25, 0.3) is 0 Å². The van der Waals surface area contributed by atoms with Crippen molar-refractivity contribution in [1.29, 1.82) is 5.26 Å². The van der Waals surface area contributed by atoms with Gasteiger partial charge in [-0.2, -0.15) is 5.26 Å². The summed E-state index contributed by atoms with van der Waals surface area (Å²) >= 11 is 0. The predicted octanol–water partition coefficient (Wildman–Crippen LogP) is 3.24. The Balaban J connectivity index is 2.50. The fraction of sp³-hybridized carbons (Fsp3) is 0.143. The van der Waals surface area contributed by atoms with Crippen molar-refractivity contribution in [2.45, 2.75) is 13.8 Å². The first-order valence-corrected chi connectivity index (χ1v) is 5.15. The van der Waals surface area contributed by atoms with Crippen molar-refractivity contribution >= 4 is 0 Å². The lowest BCUT2D eigenvalue weighted by atomic mass is 10.1. The summed E-state index contributed by atoms with van der Waals surface area (Å²) in [7, 11) is 0. The summed E-state index contributed by atoms with van der Waals surface area (Å²) in [5.74, 6) is 0. The van der Waals surface area contributed by atoms with Crippen molar-refractivity contribution < 1.29 is 0 Å². The van der Waals surface area contributed by atoms with E-state index in [4.69, 9.17) is 5.26 Å². The summed E-state index contributed by atoms with van der Waals surface area (Å²) in [5.41, 5.74) is 4.63. The van der Waals surface area contributed by atoms with E-state index in [1.54, 1.807) is 0 Å². The van der Waals surface area contributed by atoms with E-state index in [-0.39, 0.29) is 0 Å². The van der Waals surface area contributed by atoms with Crippen LogP contribution in [0, 0.1) is 25.2 Å². The molecule has 0 atom stereocenters. The molecule has 2 rings (SSSR count). The van der Waals surface area contributed by atoms with Crippen LogP contribution in [-0.4, -0.2) is 4.98 Å². The number of aryl methyl sites for hydroxylation is 2. The number of nitrogens with zero attached hydrogens (tertiary/aromatic N) is 2. The van der Waals surface area contributed by atoms with Crippen LogP contribution < -0.4 is 0 Å². The first kappa shape index (κ1) is 10.4. The molecule has 0 radical (unpaired) electrons. The van der Waals surface area contributed by atoms with Gasteiger partial charge in [-0.3, -0.25) is 4.98 Å². The zero-order valence-electron chi connectivity index (χ0n) is 9.36. The number of nitriles is 1. The minimum absolute atomic E-state index is 0.636. The molecule has 16 heavy (non-hydrogen) atoms. The molecule has 1 aromatic heterocycles. The molecule has 0 unspecified atom stereocenters. The van der Waals surface area contributed by atoms with Gasteiger partial charge < -0.3 is 0 Å². The number of benzene rings is 1. The van der Waals surface area contributed by atoms with Crippen molar-refractivity contribution in [2.75, 3.05) is 0 Å². The largest absolute Gasteiger partial charge is 0.252 e. The van der Waals surface area contributed by atoms with Crippen molar-refractivity contribution in [2.24, 2.45) is 0 Å². The third-order valence-electron chi connectivity index (χ3n) is 2.52. The molecule has 0 aliphatic carbocycles. The zero-order valence-corrected chi connectivity index (χ0v) is 9.36. The number of hydrogen-bond acceptors (Lipinski definition) is 2. The van der Waals surface area contributed by atoms with E-state index in [0.717, 1.165) is 17.0 Å². The summed E-state index contributed by atoms with van der Waals surface area (Å²) in [6.07, 6.45) is 0. The highest BCUT2D eigenvalue weighted by atomic mass is 14.7. The maximum Gasteiger partial charge on any atom is 0.101 e. The summed E-state index contributed by atoms with van der Waals surface area (Å²) < 4.78 is 0. The van der Waals surface area contributed by atoms with Gasteiger partial charge in [-0.25, -0.2) is 0 Å². The molecule has 0 spiro atoms. The normalized spacial score (nSPS) is 9.81. The molecule has 0 aliphatic heterocycles. The van der Waals surface area contributed by atoms with Crippen LogP contribution in [0.25, 0.3) is 11.3 Å². The molecule has 0 aliphatic rings. The third kappa shape index (κ3) is 1.94. The van der Waals surface area contributed by atoms with Gasteiger partial charge >= 0.3 is 0 Å². The maximum absolute atomic E-state index is 8.83. The lowest BCUT2D eigenvalue weighted by Gasteiger charge is -2.04. The molecule has 0 amide bonds. The predicted molar refractivity (Wildman–Crippen MR) is 63.9 cm³/mol. The average Bonchev–Trinajstić information content (AvgIpc) is 2.29. The molecule has 2 heteroatoms. The minimum Gasteiger partial charge on any atom is -0.252 e. The smallest absolute Gasteiger partial charge is 0.101 e. The van der Waals surface area contributed by atoms with E-state index in [0.29, 0.717) is 5.56 Å². The van der Waals surface area contributed by atoms with E-state index < -0.39 is 0 Å². The molecule has 1 heterocycles. The fourth-order valence-corrected chi connectivity index (χ4v) is 1.64. The van der Waals surface area contributed by atoms with Crippen LogP contribution in [0.2, 0.25) is 0 Å². The van der Waals surface area contributed by atoms with Gasteiger partial charge in [-0.05, 0) is 32.0 Å². The van der Waals surface area contributed by atoms with E-state index >= 15 is 0 Å². The lowest BCUT2D eigenvalue weighted by Crippen LogP contribution is -1.91. The average molecular weight is 208 g/mol. The number of rotatable bonds is 1. The molecule has 1 aromatic carbocycles. The van der Waals surface area contributed by atoms with Crippen molar-refractivity contribution in [1.82, 2.24) is 4.98 Å². The molecule has 0 fully saturated rings. The van der Waals surface area contributed by atoms with Crippen LogP contribution in [0.15, 0.2) is 36.4 Å². The van der Waals surface area contributed by atoms with Crippen LogP contribution in [0.5, 0.6) is 0 Å². The zero-order chi connectivity index (χ0) is 11.5. The third-order valence-corrected chi connectivity index (χ3v) is 2.52. The first-order chi connectivity index (χ1) is 7.70. The van der Waals surface area contributed by atoms with Crippen molar-refractivity contribution in [3.63, 3.8) is 0 Å². The Kier molecular flexibility index (Phi) is 2.70. The second-order valence-electron chi connectivity index (χ2n) is 3.81. The summed E-state index contributed by atoms with van der Waals surface area (Å²) in [6, 6.07) is 14.0. The van der Waals surface area contributed by atoms with Crippen molar-refractivity contribution in [3.8, 4) is 17.3 Å². The van der Waals surface area contributed by atoms with Gasteiger partial charge in [-0.15, -0.1) is 0 Å². The van der Waals surface area contributed by atoms with Gasteiger partial charge in [0.2, 0.25) is 0 Å². The molecule has 0 saturated carbocycles. The highest BCUT2D eigenvalue weighted by Crippen LogP contribution is 2.19. The van der Waals surface area contributed by atoms with Crippen LogP contribution in [0.4, 0.5) is 0 Å². The Morgan fingerprint density at radius 2 is 1.94 bits per heavy atom. The minimum atomic E-state index is 0.636. The van der Waals surface area contributed by atoms with E-state index in [1.165, 1.54) is 5.56 Å². The molecular weight excluding hydrogens is 196 g/mol. The van der Waals surface area contributed by atoms with Gasteiger partial charge in [0.15, 0.2) is 0 Å². The molecule has 2 aromatic rings. The van der Waals surface area contributed by atoms with Gasteiger partial charge in [0.1, 0.15) is 6.07 Å². The molecule has 78 valence electrons. The van der Waals surface area contributed by atoms with Gasteiger partial charge in [-0.1, -0.05) is 23.8 Å². The highest BCUT2D eigenvalue weighted by Gasteiger charge is 2.03. The second-order valence-corrected chi connectivity index (χ2v) is 3.81. The molecule has 0 bridgehead atoms. The van der Waals surface area contributed by atoms with E-state index in [9.17, 15) is 0 Å². The monoisotopic (exact) mass is 208 g/mol. The number of aromatic nitrogens is 1. The van der Waals surface area contributed by atoms with Crippen LogP contribution >= 0.6 is 0 Å².